The minimum Gasteiger partial charge on any atom is -0.496 e. The normalized spacial score (nSPS) is 10.8. The molecule has 1 amide bonds. The van der Waals surface area contributed by atoms with E-state index >= 15 is 0 Å². The molecule has 1 aromatic heterocycles. The summed E-state index contributed by atoms with van der Waals surface area (Å²) in [5.74, 6) is 0.765. The molecule has 0 radical (unpaired) electrons. The molecular weight excluding hydrogens is 390 g/mol. The lowest BCUT2D eigenvalue weighted by Crippen LogP contribution is -2.12. The summed E-state index contributed by atoms with van der Waals surface area (Å²) in [6.07, 6.45) is 0. The van der Waals surface area contributed by atoms with Crippen LogP contribution in [0.5, 0.6) is 5.75 Å². The van der Waals surface area contributed by atoms with Gasteiger partial charge in [0, 0.05) is 23.7 Å². The van der Waals surface area contributed by atoms with Gasteiger partial charge in [-0.05, 0) is 66.9 Å². The smallest absolute Gasteiger partial charge is 0.291 e. The first kappa shape index (κ1) is 20.3. The molecule has 6 nitrogen and oxygen atoms in total. The Kier molecular flexibility index (Phi) is 5.54. The van der Waals surface area contributed by atoms with Crippen molar-refractivity contribution in [3.05, 3.63) is 83.1 Å². The quantitative estimate of drug-likeness (QED) is 0.362. The molecule has 0 atom stereocenters. The van der Waals surface area contributed by atoms with E-state index in [2.05, 4.69) is 23.6 Å². The van der Waals surface area contributed by atoms with Crippen molar-refractivity contribution in [1.29, 1.82) is 0 Å². The van der Waals surface area contributed by atoms with Crippen molar-refractivity contribution in [2.75, 3.05) is 23.5 Å². The molecule has 4 aromatic rings. The minimum atomic E-state index is -0.337. The van der Waals surface area contributed by atoms with Crippen molar-refractivity contribution in [2.45, 2.75) is 20.4 Å². The number of fused-ring (bicyclic) bond motifs is 1. The van der Waals surface area contributed by atoms with Crippen LogP contribution in [0, 0.1) is 13.8 Å². The van der Waals surface area contributed by atoms with E-state index in [9.17, 15) is 4.79 Å². The summed E-state index contributed by atoms with van der Waals surface area (Å²) in [6, 6.07) is 18.8. The number of methoxy groups -OCH3 is 1. The summed E-state index contributed by atoms with van der Waals surface area (Å²) in [5, 5.41) is 7.08. The molecule has 4 rings (SSSR count). The van der Waals surface area contributed by atoms with Gasteiger partial charge in [0.1, 0.15) is 11.3 Å². The zero-order valence-corrected chi connectivity index (χ0v) is 17.8. The maximum absolute atomic E-state index is 12.6. The van der Waals surface area contributed by atoms with E-state index in [1.54, 1.807) is 25.3 Å². The summed E-state index contributed by atoms with van der Waals surface area (Å²) in [7, 11) is 1.68. The van der Waals surface area contributed by atoms with E-state index in [0.29, 0.717) is 23.5 Å². The van der Waals surface area contributed by atoms with Crippen molar-refractivity contribution in [1.82, 2.24) is 0 Å². The van der Waals surface area contributed by atoms with E-state index < -0.39 is 0 Å². The number of hydrogen-bond donors (Lipinski definition) is 3. The summed E-state index contributed by atoms with van der Waals surface area (Å²) in [6.45, 7) is 4.75. The maximum atomic E-state index is 12.6. The Bertz CT molecular complexity index is 1260. The van der Waals surface area contributed by atoms with Crippen LogP contribution in [-0.2, 0) is 6.54 Å². The van der Waals surface area contributed by atoms with E-state index in [1.165, 1.54) is 5.56 Å². The van der Waals surface area contributed by atoms with Crippen LogP contribution in [0.3, 0.4) is 0 Å². The topological polar surface area (TPSA) is 89.5 Å². The monoisotopic (exact) mass is 415 g/mol. The number of nitrogen functional groups attached to an aromatic ring is 1. The average Bonchev–Trinajstić information content (AvgIpc) is 3.19. The molecule has 0 saturated heterocycles. The van der Waals surface area contributed by atoms with Gasteiger partial charge in [-0.25, -0.2) is 0 Å². The minimum absolute atomic E-state index is 0.238. The van der Waals surface area contributed by atoms with Gasteiger partial charge in [0.2, 0.25) is 0 Å². The molecule has 158 valence electrons. The van der Waals surface area contributed by atoms with Gasteiger partial charge in [-0.2, -0.15) is 0 Å². The van der Waals surface area contributed by atoms with Crippen molar-refractivity contribution < 1.29 is 13.9 Å². The number of anilines is 3. The first-order chi connectivity index (χ1) is 14.9. The Morgan fingerprint density at radius 3 is 2.65 bits per heavy atom. The van der Waals surface area contributed by atoms with E-state index in [0.717, 1.165) is 28.0 Å². The van der Waals surface area contributed by atoms with E-state index in [1.807, 2.05) is 43.3 Å². The van der Waals surface area contributed by atoms with Gasteiger partial charge in [0.05, 0.1) is 18.5 Å². The van der Waals surface area contributed by atoms with E-state index in [-0.39, 0.29) is 11.7 Å². The average molecular weight is 415 g/mol. The highest BCUT2D eigenvalue weighted by molar-refractivity contribution is 6.06. The molecule has 31 heavy (non-hydrogen) atoms. The van der Waals surface area contributed by atoms with Gasteiger partial charge in [-0.15, -0.1) is 0 Å². The Morgan fingerprint density at radius 1 is 1.06 bits per heavy atom. The molecule has 0 aliphatic rings. The van der Waals surface area contributed by atoms with Gasteiger partial charge in [-0.1, -0.05) is 18.2 Å². The number of aryl methyl sites for hydroxylation is 1. The zero-order valence-electron chi connectivity index (χ0n) is 17.8. The van der Waals surface area contributed by atoms with Gasteiger partial charge in [0.25, 0.3) is 5.91 Å². The zero-order chi connectivity index (χ0) is 22.0. The number of rotatable bonds is 6. The molecule has 0 saturated carbocycles. The number of hydrogen-bond acceptors (Lipinski definition) is 5. The number of benzene rings is 3. The summed E-state index contributed by atoms with van der Waals surface area (Å²) in [5.41, 5.74) is 12.0. The predicted octanol–water partition coefficient (Wildman–Crippen LogP) is 5.50. The highest BCUT2D eigenvalue weighted by atomic mass is 16.5. The number of carbonyl (C=O) groups excluding carboxylic acids is 1. The largest absolute Gasteiger partial charge is 0.496 e. The van der Waals surface area contributed by atoms with Gasteiger partial charge in [-0.3, -0.25) is 4.79 Å². The lowest BCUT2D eigenvalue weighted by atomic mass is 10.1. The fraction of sp³-hybridized carbons (Fsp3) is 0.160. The highest BCUT2D eigenvalue weighted by Crippen LogP contribution is 2.27. The molecule has 0 aliphatic carbocycles. The Balaban J connectivity index is 1.49. The van der Waals surface area contributed by atoms with Crippen LogP contribution in [0.25, 0.3) is 11.0 Å². The third kappa shape index (κ3) is 4.33. The maximum Gasteiger partial charge on any atom is 0.291 e. The number of carbonyl (C=O) groups is 1. The second-order valence-electron chi connectivity index (χ2n) is 7.50. The Labute approximate surface area is 181 Å². The first-order valence-corrected chi connectivity index (χ1v) is 10.0. The van der Waals surface area contributed by atoms with Crippen LogP contribution in [0.4, 0.5) is 17.1 Å². The third-order valence-electron chi connectivity index (χ3n) is 5.35. The van der Waals surface area contributed by atoms with Crippen LogP contribution in [0.15, 0.2) is 65.1 Å². The number of furan rings is 1. The second kappa shape index (κ2) is 8.44. The molecular formula is C25H25N3O3. The van der Waals surface area contributed by atoms with Crippen LogP contribution in [0.2, 0.25) is 0 Å². The number of para-hydroxylation sites is 2. The Morgan fingerprint density at radius 2 is 1.87 bits per heavy atom. The molecule has 0 aliphatic heterocycles. The van der Waals surface area contributed by atoms with Crippen molar-refractivity contribution in [3.8, 4) is 5.75 Å². The fourth-order valence-electron chi connectivity index (χ4n) is 3.45. The van der Waals surface area contributed by atoms with Crippen molar-refractivity contribution >= 4 is 33.9 Å². The van der Waals surface area contributed by atoms with Crippen LogP contribution in [-0.4, -0.2) is 13.0 Å². The molecule has 0 bridgehead atoms. The highest BCUT2D eigenvalue weighted by Gasteiger charge is 2.14. The summed E-state index contributed by atoms with van der Waals surface area (Å²) >= 11 is 0. The lowest BCUT2D eigenvalue weighted by molar-refractivity contribution is 0.0999. The van der Waals surface area contributed by atoms with E-state index in [4.69, 9.17) is 14.9 Å². The molecule has 0 unspecified atom stereocenters. The predicted molar refractivity (Wildman–Crippen MR) is 125 cm³/mol. The van der Waals surface area contributed by atoms with Crippen molar-refractivity contribution in [2.24, 2.45) is 0 Å². The van der Waals surface area contributed by atoms with Crippen molar-refractivity contribution in [3.63, 3.8) is 0 Å². The van der Waals surface area contributed by atoms with Gasteiger partial charge >= 0.3 is 0 Å². The number of amides is 1. The molecule has 4 N–H and O–H groups in total. The molecule has 1 heterocycles. The first-order valence-electron chi connectivity index (χ1n) is 10.0. The standard InChI is InChI=1S/C25H25N3O3/c1-15-10-19(13-23(30-3)16(15)2)27-14-17-8-9-22-18(11-17)12-24(31-22)25(29)28-21-7-5-4-6-20(21)26/h4-13,27H,14,26H2,1-3H3,(H,28,29). The fourth-order valence-corrected chi connectivity index (χ4v) is 3.45. The molecule has 0 fully saturated rings. The third-order valence-corrected chi connectivity index (χ3v) is 5.35. The SMILES string of the molecule is COc1cc(NCc2ccc3oc(C(=O)Nc4ccccc4N)cc3c2)cc(C)c1C. The molecule has 6 heteroatoms. The number of nitrogens with one attached hydrogen (secondary N) is 2. The Hall–Kier alpha value is -3.93. The van der Waals surface area contributed by atoms with Crippen LogP contribution >= 0.6 is 0 Å². The van der Waals surface area contributed by atoms with Gasteiger partial charge < -0.3 is 25.5 Å². The number of ether oxygens (including phenoxy) is 1. The summed E-state index contributed by atoms with van der Waals surface area (Å²) < 4.78 is 11.2. The summed E-state index contributed by atoms with van der Waals surface area (Å²) in [4.78, 5) is 12.6. The van der Waals surface area contributed by atoms with Crippen LogP contribution in [0.1, 0.15) is 27.2 Å². The molecule has 0 spiro atoms. The second-order valence-corrected chi connectivity index (χ2v) is 7.50. The number of nitrogens with two attached hydrogens (primary N) is 1. The lowest BCUT2D eigenvalue weighted by Gasteiger charge is -2.13. The van der Waals surface area contributed by atoms with Gasteiger partial charge in [0.15, 0.2) is 5.76 Å². The molecule has 3 aromatic carbocycles. The van der Waals surface area contributed by atoms with Crippen LogP contribution < -0.4 is 21.1 Å².